The zero-order valence-electron chi connectivity index (χ0n) is 21.1. The number of hydrogen-bond donors (Lipinski definition) is 1. The molecular weight excluding hydrogens is 501 g/mol. The second kappa shape index (κ2) is 11.3. The quantitative estimate of drug-likeness (QED) is 0.274. The lowest BCUT2D eigenvalue weighted by Gasteiger charge is -2.14. The molecule has 0 spiro atoms. The van der Waals surface area contributed by atoms with Crippen molar-refractivity contribution >= 4 is 39.2 Å². The minimum atomic E-state index is -0.728. The Morgan fingerprint density at radius 2 is 1.84 bits per heavy atom. The Balaban J connectivity index is 1.74. The van der Waals surface area contributed by atoms with E-state index in [-0.39, 0.29) is 11.6 Å². The Morgan fingerprint density at radius 3 is 2.66 bits per heavy atom. The summed E-state index contributed by atoms with van der Waals surface area (Å²) >= 11 is 1.42. The van der Waals surface area contributed by atoms with Crippen molar-refractivity contribution in [3.63, 3.8) is 0 Å². The number of carbonyl (C=O) groups is 2. The number of benzene rings is 3. The van der Waals surface area contributed by atoms with E-state index in [0.29, 0.717) is 41.0 Å². The first-order chi connectivity index (χ1) is 18.4. The lowest BCUT2D eigenvalue weighted by atomic mass is 9.91. The molecular formula is C31H28FNO4S. The lowest BCUT2D eigenvalue weighted by molar-refractivity contribution is 0.0978. The Bertz CT molecular complexity index is 1560. The molecule has 2 aliphatic rings. The molecule has 3 heterocycles. The number of aromatic hydroxyl groups is 1. The Morgan fingerprint density at radius 1 is 1.00 bits per heavy atom. The number of halogens is 1. The Hall–Kier alpha value is -3.84. The van der Waals surface area contributed by atoms with E-state index >= 15 is 0 Å². The summed E-state index contributed by atoms with van der Waals surface area (Å²) in [6.45, 7) is 2.58. The molecule has 1 N–H and O–H groups in total. The van der Waals surface area contributed by atoms with E-state index in [1.54, 1.807) is 30.5 Å². The predicted octanol–water partition coefficient (Wildman–Crippen LogP) is 7.88. The van der Waals surface area contributed by atoms with Gasteiger partial charge >= 0.3 is 0 Å². The molecule has 5 nitrogen and oxygen atoms in total. The third kappa shape index (κ3) is 5.38. The summed E-state index contributed by atoms with van der Waals surface area (Å²) in [5.41, 5.74) is 3.20. The van der Waals surface area contributed by atoms with Crippen LogP contribution >= 0.6 is 11.3 Å². The van der Waals surface area contributed by atoms with Gasteiger partial charge in [0, 0.05) is 50.8 Å². The van der Waals surface area contributed by atoms with Crippen LogP contribution in [-0.2, 0) is 0 Å². The van der Waals surface area contributed by atoms with Gasteiger partial charge in [0.15, 0.2) is 23.1 Å². The van der Waals surface area contributed by atoms with Crippen LogP contribution in [0.4, 0.5) is 4.39 Å². The molecule has 0 saturated carbocycles. The molecule has 2 bridgehead atoms. The summed E-state index contributed by atoms with van der Waals surface area (Å²) < 4.78 is 21.3. The van der Waals surface area contributed by atoms with Gasteiger partial charge in [-0.2, -0.15) is 0 Å². The van der Waals surface area contributed by atoms with Crippen molar-refractivity contribution in [2.45, 2.75) is 39.0 Å². The molecule has 38 heavy (non-hydrogen) atoms. The second-order valence-corrected chi connectivity index (χ2v) is 10.5. The number of ether oxygens (including phenoxy) is 1. The summed E-state index contributed by atoms with van der Waals surface area (Å²) in [4.78, 5) is 30.8. The maximum atomic E-state index is 14.5. The number of phenols is 1. The van der Waals surface area contributed by atoms with Crippen LogP contribution in [-0.4, -0.2) is 36.0 Å². The van der Waals surface area contributed by atoms with Gasteiger partial charge in [0.25, 0.3) is 0 Å². The minimum Gasteiger partial charge on any atom is -0.505 e. The van der Waals surface area contributed by atoms with Crippen molar-refractivity contribution in [2.24, 2.45) is 4.99 Å². The van der Waals surface area contributed by atoms with Crippen molar-refractivity contribution in [1.82, 2.24) is 0 Å². The van der Waals surface area contributed by atoms with E-state index in [2.05, 4.69) is 4.99 Å². The molecule has 0 radical (unpaired) electrons. The van der Waals surface area contributed by atoms with Gasteiger partial charge in [-0.15, -0.1) is 11.3 Å². The van der Waals surface area contributed by atoms with Crippen molar-refractivity contribution in [1.29, 1.82) is 0 Å². The van der Waals surface area contributed by atoms with E-state index in [1.165, 1.54) is 30.4 Å². The SMILES string of the molecule is CC(=O)c1ccc2c(-c3cc4ccc3C(=O)CCCCCCN=CCO4)c(-c3ccc(O)c(F)c3)sc2c1. The van der Waals surface area contributed by atoms with E-state index in [1.807, 2.05) is 18.2 Å². The second-order valence-electron chi connectivity index (χ2n) is 9.43. The molecule has 0 aliphatic carbocycles. The fourth-order valence-electron chi connectivity index (χ4n) is 4.75. The van der Waals surface area contributed by atoms with Gasteiger partial charge < -0.3 is 9.84 Å². The first-order valence-electron chi connectivity index (χ1n) is 12.8. The average Bonchev–Trinajstić information content (AvgIpc) is 3.29. The number of hydrogen-bond acceptors (Lipinski definition) is 6. The number of phenolic OH excluding ortho intramolecular Hbond substituents is 1. The fourth-order valence-corrected chi connectivity index (χ4v) is 6.00. The van der Waals surface area contributed by atoms with Gasteiger partial charge in [0.2, 0.25) is 0 Å². The summed E-state index contributed by atoms with van der Waals surface area (Å²) in [6.07, 6.45) is 5.94. The van der Waals surface area contributed by atoms with E-state index in [9.17, 15) is 19.1 Å². The molecule has 3 aromatic carbocycles. The predicted molar refractivity (Wildman–Crippen MR) is 151 cm³/mol. The molecule has 194 valence electrons. The number of thiophene rings is 1. The average molecular weight is 530 g/mol. The number of ketones is 2. The molecule has 0 atom stereocenters. The normalized spacial score (nSPS) is 14.7. The van der Waals surface area contributed by atoms with Gasteiger partial charge in [-0.1, -0.05) is 25.0 Å². The fraction of sp³-hybridized carbons (Fsp3) is 0.258. The summed E-state index contributed by atoms with van der Waals surface area (Å²) in [5.74, 6) is -0.570. The van der Waals surface area contributed by atoms with Crippen LogP contribution in [0.5, 0.6) is 11.5 Å². The smallest absolute Gasteiger partial charge is 0.165 e. The Labute approximate surface area is 224 Å². The maximum Gasteiger partial charge on any atom is 0.165 e. The topological polar surface area (TPSA) is 76.0 Å². The first kappa shape index (κ1) is 25.8. The number of rotatable bonds is 3. The van der Waals surface area contributed by atoms with Crippen LogP contribution in [0.1, 0.15) is 59.7 Å². The van der Waals surface area contributed by atoms with Crippen molar-refractivity contribution < 1.29 is 23.8 Å². The summed E-state index contributed by atoms with van der Waals surface area (Å²) in [7, 11) is 0. The van der Waals surface area contributed by atoms with Crippen LogP contribution in [0.2, 0.25) is 0 Å². The van der Waals surface area contributed by atoms with Gasteiger partial charge in [0.05, 0.1) is 0 Å². The third-order valence-electron chi connectivity index (χ3n) is 6.76. The number of nitrogens with zero attached hydrogens (tertiary/aromatic N) is 1. The zero-order chi connectivity index (χ0) is 26.6. The van der Waals surface area contributed by atoms with Crippen LogP contribution in [0.3, 0.4) is 0 Å². The highest BCUT2D eigenvalue weighted by Gasteiger charge is 2.23. The maximum absolute atomic E-state index is 14.5. The van der Waals surface area contributed by atoms with Gasteiger partial charge in [-0.25, -0.2) is 4.39 Å². The van der Waals surface area contributed by atoms with Crippen molar-refractivity contribution in [3.05, 3.63) is 71.5 Å². The summed E-state index contributed by atoms with van der Waals surface area (Å²) in [5, 5.41) is 10.7. The molecule has 7 heteroatoms. The van der Waals surface area contributed by atoms with E-state index in [4.69, 9.17) is 4.74 Å². The highest BCUT2D eigenvalue weighted by molar-refractivity contribution is 7.23. The van der Waals surface area contributed by atoms with Crippen LogP contribution in [0, 0.1) is 5.82 Å². The largest absolute Gasteiger partial charge is 0.505 e. The lowest BCUT2D eigenvalue weighted by Crippen LogP contribution is -2.04. The Kier molecular flexibility index (Phi) is 7.65. The molecule has 1 aromatic heterocycles. The van der Waals surface area contributed by atoms with Gasteiger partial charge in [-0.3, -0.25) is 14.6 Å². The van der Waals surface area contributed by atoms with Crippen molar-refractivity contribution in [2.75, 3.05) is 13.2 Å². The molecule has 0 unspecified atom stereocenters. The van der Waals surface area contributed by atoms with Gasteiger partial charge in [0.1, 0.15) is 12.4 Å². The number of aliphatic imine (C=N–C) groups is 1. The van der Waals surface area contributed by atoms with Crippen molar-refractivity contribution in [3.8, 4) is 33.1 Å². The molecule has 2 aliphatic heterocycles. The standard InChI is InChI=1S/C31H28FNO4S/c1-19(34)20-7-10-24-29(17-20)38-31(21-8-12-28(36)26(32)16-21)30(24)25-18-22-9-11-23(25)27(35)6-4-2-3-5-13-33-14-15-37-22/h7-12,14,16-18,36H,2-6,13,15H2,1H3. The van der Waals surface area contributed by atoms with Crippen LogP contribution in [0.25, 0.3) is 31.7 Å². The van der Waals surface area contributed by atoms with Gasteiger partial charge in [-0.05, 0) is 73.4 Å². The summed E-state index contributed by atoms with van der Waals surface area (Å²) in [6, 6.07) is 15.2. The van der Waals surface area contributed by atoms with Crippen LogP contribution in [0.15, 0.2) is 59.6 Å². The molecule has 0 amide bonds. The monoisotopic (exact) mass is 529 g/mol. The highest BCUT2D eigenvalue weighted by Crippen LogP contribution is 2.47. The minimum absolute atomic E-state index is 0.0419. The number of carbonyl (C=O) groups excluding carboxylic acids is 2. The highest BCUT2D eigenvalue weighted by atomic mass is 32.1. The number of fused-ring (bicyclic) bond motifs is 12. The third-order valence-corrected chi connectivity index (χ3v) is 7.96. The van der Waals surface area contributed by atoms with E-state index < -0.39 is 11.6 Å². The molecule has 6 rings (SSSR count). The molecule has 4 aromatic rings. The van der Waals surface area contributed by atoms with Crippen LogP contribution < -0.4 is 4.74 Å². The number of Topliss-reactive ketones (excluding diaryl/α,β-unsaturated/α-hetero) is 2. The zero-order valence-corrected chi connectivity index (χ0v) is 21.9. The molecule has 0 fully saturated rings. The first-order valence-corrected chi connectivity index (χ1v) is 13.6. The van der Waals surface area contributed by atoms with E-state index in [0.717, 1.165) is 52.8 Å². The molecule has 0 saturated heterocycles.